The third-order valence-corrected chi connectivity index (χ3v) is 3.23. The minimum absolute atomic E-state index is 0.129. The van der Waals surface area contributed by atoms with Crippen LogP contribution in [0.5, 0.6) is 0 Å². The Hall–Kier alpha value is -1.83. The van der Waals surface area contributed by atoms with Crippen LogP contribution in [-0.4, -0.2) is 12.1 Å². The molecule has 0 saturated heterocycles. The van der Waals surface area contributed by atoms with Crippen LogP contribution >= 0.6 is 0 Å². The summed E-state index contributed by atoms with van der Waals surface area (Å²) < 4.78 is 5.22. The van der Waals surface area contributed by atoms with Gasteiger partial charge in [0, 0.05) is 12.5 Å². The molecule has 0 aromatic carbocycles. The second kappa shape index (κ2) is 9.17. The topological polar surface area (TPSA) is 26.3 Å². The maximum atomic E-state index is 11.2. The number of cyclic esters (lactones) is 1. The molecule has 21 heavy (non-hydrogen) atoms. The SMILES string of the molecule is C=C(C)/C=C/C[C@@H](C)/C=C(\C=C\[C@@H]1CC=CC(=O)O1)CC. The first-order valence-electron chi connectivity index (χ1n) is 7.59. The van der Waals surface area contributed by atoms with Gasteiger partial charge in [-0.3, -0.25) is 0 Å². The van der Waals surface area contributed by atoms with E-state index in [1.54, 1.807) is 0 Å². The van der Waals surface area contributed by atoms with Gasteiger partial charge in [-0.1, -0.05) is 62.0 Å². The number of carbonyl (C=O) groups excluding carboxylic acids is 1. The van der Waals surface area contributed by atoms with Crippen molar-refractivity contribution in [2.45, 2.75) is 46.1 Å². The average molecular weight is 286 g/mol. The Morgan fingerprint density at radius 3 is 2.90 bits per heavy atom. The molecule has 0 N–H and O–H groups in total. The molecule has 0 amide bonds. The third-order valence-electron chi connectivity index (χ3n) is 3.23. The Bertz CT molecular complexity index is 478. The minimum Gasteiger partial charge on any atom is -0.455 e. The van der Waals surface area contributed by atoms with E-state index in [0.717, 1.165) is 24.8 Å². The van der Waals surface area contributed by atoms with Crippen LogP contribution in [0.1, 0.15) is 40.0 Å². The van der Waals surface area contributed by atoms with E-state index in [1.165, 1.54) is 11.6 Å². The predicted octanol–water partition coefficient (Wildman–Crippen LogP) is 4.91. The van der Waals surface area contributed by atoms with E-state index in [0.29, 0.717) is 5.92 Å². The van der Waals surface area contributed by atoms with Gasteiger partial charge in [0.15, 0.2) is 0 Å². The third kappa shape index (κ3) is 7.50. The highest BCUT2D eigenvalue weighted by Crippen LogP contribution is 2.15. The van der Waals surface area contributed by atoms with Gasteiger partial charge in [0.25, 0.3) is 0 Å². The van der Waals surface area contributed by atoms with Gasteiger partial charge in [-0.15, -0.1) is 0 Å². The molecule has 2 nitrogen and oxygen atoms in total. The van der Waals surface area contributed by atoms with Crippen molar-refractivity contribution in [3.8, 4) is 0 Å². The Morgan fingerprint density at radius 1 is 1.52 bits per heavy atom. The summed E-state index contributed by atoms with van der Waals surface area (Å²) in [6, 6.07) is 0. The highest BCUT2D eigenvalue weighted by molar-refractivity contribution is 5.82. The fourth-order valence-corrected chi connectivity index (χ4v) is 2.09. The van der Waals surface area contributed by atoms with E-state index >= 15 is 0 Å². The fourth-order valence-electron chi connectivity index (χ4n) is 2.09. The van der Waals surface area contributed by atoms with Crippen molar-refractivity contribution >= 4 is 5.97 Å². The van der Waals surface area contributed by atoms with Gasteiger partial charge in [-0.2, -0.15) is 0 Å². The number of hydrogen-bond acceptors (Lipinski definition) is 2. The number of rotatable bonds is 7. The summed E-state index contributed by atoms with van der Waals surface area (Å²) in [6.45, 7) is 10.2. The van der Waals surface area contributed by atoms with E-state index in [9.17, 15) is 4.79 Å². The molecule has 0 saturated carbocycles. The summed E-state index contributed by atoms with van der Waals surface area (Å²) in [4.78, 5) is 11.2. The molecule has 2 heteroatoms. The first-order chi connectivity index (χ1) is 10.0. The average Bonchev–Trinajstić information content (AvgIpc) is 2.43. The standard InChI is InChI=1S/C19H26O2/c1-5-17(14-16(4)9-6-8-15(2)3)12-13-18-10-7-11-19(20)21-18/h6-8,11-14,16,18H,2,5,9-10H2,1,3-4H3/b8-6+,13-12+,17-14-/t16-,18+/m1/s1. The van der Waals surface area contributed by atoms with Gasteiger partial charge in [-0.05, 0) is 31.8 Å². The lowest BCUT2D eigenvalue weighted by Gasteiger charge is -2.15. The largest absolute Gasteiger partial charge is 0.455 e. The Kier molecular flexibility index (Phi) is 7.52. The highest BCUT2D eigenvalue weighted by Gasteiger charge is 2.12. The maximum absolute atomic E-state index is 11.2. The molecule has 2 atom stereocenters. The Labute approximate surface area is 128 Å². The summed E-state index contributed by atoms with van der Waals surface area (Å²) in [5, 5.41) is 0. The summed E-state index contributed by atoms with van der Waals surface area (Å²) in [5.74, 6) is 0.227. The molecule has 0 bridgehead atoms. The molecule has 0 aromatic heterocycles. The second-order valence-electron chi connectivity index (χ2n) is 5.53. The molecule has 0 unspecified atom stereocenters. The highest BCUT2D eigenvalue weighted by atomic mass is 16.5. The minimum atomic E-state index is -0.253. The van der Waals surface area contributed by atoms with Gasteiger partial charge < -0.3 is 4.74 Å². The van der Waals surface area contributed by atoms with Crippen molar-refractivity contribution in [1.82, 2.24) is 0 Å². The molecular formula is C19H26O2. The van der Waals surface area contributed by atoms with Gasteiger partial charge >= 0.3 is 5.97 Å². The van der Waals surface area contributed by atoms with E-state index in [1.807, 2.05) is 19.1 Å². The van der Waals surface area contributed by atoms with Crippen LogP contribution in [0.25, 0.3) is 0 Å². The Morgan fingerprint density at radius 2 is 2.29 bits per heavy atom. The number of ether oxygens (including phenoxy) is 1. The second-order valence-corrected chi connectivity index (χ2v) is 5.53. The molecule has 0 fully saturated rings. The molecule has 0 spiro atoms. The van der Waals surface area contributed by atoms with Crippen LogP contribution in [0, 0.1) is 5.92 Å². The van der Waals surface area contributed by atoms with Crippen LogP contribution in [0.4, 0.5) is 0 Å². The summed E-state index contributed by atoms with van der Waals surface area (Å²) in [6.07, 6.45) is 16.5. The quantitative estimate of drug-likeness (QED) is 0.491. The lowest BCUT2D eigenvalue weighted by molar-refractivity contribution is -0.141. The first kappa shape index (κ1) is 17.2. The van der Waals surface area contributed by atoms with Crippen molar-refractivity contribution in [3.05, 3.63) is 60.3 Å². The molecule has 0 aliphatic carbocycles. The van der Waals surface area contributed by atoms with E-state index in [2.05, 4.69) is 44.7 Å². The molecule has 114 valence electrons. The van der Waals surface area contributed by atoms with Crippen molar-refractivity contribution in [3.63, 3.8) is 0 Å². The maximum Gasteiger partial charge on any atom is 0.331 e. The molecule has 0 radical (unpaired) electrons. The predicted molar refractivity (Wildman–Crippen MR) is 88.9 cm³/mol. The van der Waals surface area contributed by atoms with E-state index < -0.39 is 0 Å². The first-order valence-corrected chi connectivity index (χ1v) is 7.59. The molecule has 1 rings (SSSR count). The van der Waals surface area contributed by atoms with Crippen molar-refractivity contribution in [2.75, 3.05) is 0 Å². The number of esters is 1. The van der Waals surface area contributed by atoms with Crippen LogP contribution < -0.4 is 0 Å². The zero-order chi connectivity index (χ0) is 15.7. The van der Waals surface area contributed by atoms with Crippen molar-refractivity contribution in [2.24, 2.45) is 5.92 Å². The Balaban J connectivity index is 2.56. The molecule has 0 aromatic rings. The number of hydrogen-bond donors (Lipinski definition) is 0. The zero-order valence-corrected chi connectivity index (χ0v) is 13.3. The fraction of sp³-hybridized carbons (Fsp3) is 0.421. The summed E-state index contributed by atoms with van der Waals surface area (Å²) in [7, 11) is 0. The normalized spacial score (nSPS) is 21.0. The van der Waals surface area contributed by atoms with Gasteiger partial charge in [0.2, 0.25) is 0 Å². The van der Waals surface area contributed by atoms with Crippen LogP contribution in [0.3, 0.4) is 0 Å². The van der Waals surface area contributed by atoms with Crippen molar-refractivity contribution in [1.29, 1.82) is 0 Å². The van der Waals surface area contributed by atoms with Gasteiger partial charge in [-0.25, -0.2) is 4.79 Å². The summed E-state index contributed by atoms with van der Waals surface area (Å²) >= 11 is 0. The monoisotopic (exact) mass is 286 g/mol. The number of allylic oxidation sites excluding steroid dienone is 6. The smallest absolute Gasteiger partial charge is 0.331 e. The molecule has 1 aliphatic heterocycles. The van der Waals surface area contributed by atoms with Crippen molar-refractivity contribution < 1.29 is 9.53 Å². The van der Waals surface area contributed by atoms with Crippen LogP contribution in [0.15, 0.2) is 60.3 Å². The van der Waals surface area contributed by atoms with Crippen LogP contribution in [0.2, 0.25) is 0 Å². The van der Waals surface area contributed by atoms with Crippen LogP contribution in [-0.2, 0) is 9.53 Å². The van der Waals surface area contributed by atoms with E-state index in [4.69, 9.17) is 4.74 Å². The molecule has 1 heterocycles. The number of carbonyl (C=O) groups is 1. The summed E-state index contributed by atoms with van der Waals surface area (Å²) in [5.41, 5.74) is 2.35. The zero-order valence-electron chi connectivity index (χ0n) is 13.3. The molecule has 1 aliphatic rings. The van der Waals surface area contributed by atoms with Gasteiger partial charge in [0.05, 0.1) is 0 Å². The molecular weight excluding hydrogens is 260 g/mol. The lowest BCUT2D eigenvalue weighted by Crippen LogP contribution is -2.17. The lowest BCUT2D eigenvalue weighted by atomic mass is 10.0. The van der Waals surface area contributed by atoms with Gasteiger partial charge in [0.1, 0.15) is 6.10 Å². The van der Waals surface area contributed by atoms with E-state index in [-0.39, 0.29) is 12.1 Å².